The minimum atomic E-state index is -0.844. The number of unbranched alkanes of at least 4 members (excludes halogenated alkanes) is 3. The first-order chi connectivity index (χ1) is 17.5. The maximum atomic E-state index is 13.1. The second-order valence-corrected chi connectivity index (χ2v) is 12.7. The van der Waals surface area contributed by atoms with E-state index in [4.69, 9.17) is 4.74 Å². The summed E-state index contributed by atoms with van der Waals surface area (Å²) in [5.41, 5.74) is -1.45. The van der Waals surface area contributed by atoms with Crippen LogP contribution in [0.4, 0.5) is 4.79 Å². The number of ether oxygens (including phenoxy) is 1. The van der Waals surface area contributed by atoms with Crippen molar-refractivity contribution >= 4 is 36.1 Å². The highest BCUT2D eigenvalue weighted by atomic mass is 32.2. The average molecular weight is 537 g/mol. The number of likely N-dealkylation sites (N-methyl/N-ethyl adjacent to an activating group) is 1. The van der Waals surface area contributed by atoms with Crippen LogP contribution in [0.25, 0.3) is 0 Å². The van der Waals surface area contributed by atoms with Crippen molar-refractivity contribution < 1.29 is 23.9 Å². The van der Waals surface area contributed by atoms with E-state index in [0.29, 0.717) is 18.1 Å². The molecule has 0 aromatic carbocycles. The van der Waals surface area contributed by atoms with Gasteiger partial charge in [0.2, 0.25) is 5.91 Å². The lowest BCUT2D eigenvalue weighted by Crippen LogP contribution is -2.53. The predicted octanol–water partition coefficient (Wildman–Crippen LogP) is 3.48. The molecule has 0 spiro atoms. The molecule has 0 bridgehead atoms. The third-order valence-electron chi connectivity index (χ3n) is 7.05. The third-order valence-corrected chi connectivity index (χ3v) is 8.16. The van der Waals surface area contributed by atoms with Gasteiger partial charge < -0.3 is 20.2 Å². The summed E-state index contributed by atoms with van der Waals surface area (Å²) in [5.74, 6) is -0.141. The van der Waals surface area contributed by atoms with Crippen molar-refractivity contribution in [1.29, 1.82) is 0 Å². The molecule has 3 N–H and O–H groups in total. The fourth-order valence-corrected chi connectivity index (χ4v) is 5.46. The molecule has 0 aromatic rings. The molecule has 1 saturated heterocycles. The second-order valence-electron chi connectivity index (χ2n) is 11.6. The molecule has 2 aliphatic carbocycles. The van der Waals surface area contributed by atoms with E-state index in [-0.39, 0.29) is 23.8 Å². The zero-order valence-corrected chi connectivity index (χ0v) is 23.5. The van der Waals surface area contributed by atoms with Crippen LogP contribution in [0.1, 0.15) is 85.0 Å². The Morgan fingerprint density at radius 1 is 1.16 bits per heavy atom. The molecule has 208 valence electrons. The van der Waals surface area contributed by atoms with Crippen molar-refractivity contribution in [3.63, 3.8) is 0 Å². The molecule has 1 aliphatic heterocycles. The summed E-state index contributed by atoms with van der Waals surface area (Å²) < 4.78 is 8.20. The van der Waals surface area contributed by atoms with E-state index >= 15 is 0 Å². The minimum Gasteiger partial charge on any atom is -0.444 e. The first kappa shape index (κ1) is 29.5. The van der Waals surface area contributed by atoms with Gasteiger partial charge in [-0.05, 0) is 97.7 Å². The highest BCUT2D eigenvalue weighted by molar-refractivity contribution is 7.98. The second kappa shape index (κ2) is 13.1. The van der Waals surface area contributed by atoms with Gasteiger partial charge in [-0.15, -0.1) is 0 Å². The number of carbonyl (C=O) groups is 4. The Bertz CT molecular complexity index is 856. The first-order valence-corrected chi connectivity index (χ1v) is 14.5. The number of carbonyl (C=O) groups excluding carboxylic acids is 4. The number of allylic oxidation sites excluding steroid dienone is 1. The van der Waals surface area contributed by atoms with Crippen LogP contribution in [-0.4, -0.2) is 71.2 Å². The van der Waals surface area contributed by atoms with Crippen LogP contribution in [0.15, 0.2) is 12.2 Å². The fraction of sp³-hybridized carbons (Fsp3) is 0.778. The highest BCUT2D eigenvalue weighted by Crippen LogP contribution is 2.46. The van der Waals surface area contributed by atoms with Gasteiger partial charge in [-0.25, -0.2) is 4.79 Å². The van der Waals surface area contributed by atoms with Crippen molar-refractivity contribution in [3.8, 4) is 0 Å². The standard InChI is InChI=1S/C27H44N4O5S/c1-26(2,3)36-25(35)28-20(18-32)12-9-7-5-6-8-11-19-17-27(19,24(34)30-37-21-14-15-21)29-23(33)22-13-10-16-31(22)4/h8,11,18-22H,5-7,9-10,12-17H2,1-4H3,(H,28,35)(H,29,33)(H,30,34)/b11-8-/t19?,20-,22?,27+/m0/s1. The topological polar surface area (TPSA) is 117 Å². The molecule has 3 rings (SSSR count). The number of nitrogens with one attached hydrogen (secondary N) is 3. The van der Waals surface area contributed by atoms with E-state index in [9.17, 15) is 19.2 Å². The fourth-order valence-electron chi connectivity index (χ4n) is 4.64. The number of nitrogens with zero attached hydrogens (tertiary/aromatic N) is 1. The maximum Gasteiger partial charge on any atom is 0.408 e. The van der Waals surface area contributed by atoms with Crippen LogP contribution in [0.2, 0.25) is 0 Å². The monoisotopic (exact) mass is 536 g/mol. The Kier molecular flexibility index (Phi) is 10.5. The van der Waals surface area contributed by atoms with Crippen LogP contribution in [-0.2, 0) is 19.1 Å². The summed E-state index contributed by atoms with van der Waals surface area (Å²) in [5, 5.41) is 6.22. The molecule has 3 aliphatic rings. The third kappa shape index (κ3) is 9.32. The summed E-state index contributed by atoms with van der Waals surface area (Å²) in [4.78, 5) is 51.2. The molecular formula is C27H44N4O5S. The molecule has 0 radical (unpaired) electrons. The Morgan fingerprint density at radius 3 is 2.54 bits per heavy atom. The van der Waals surface area contributed by atoms with Gasteiger partial charge in [-0.3, -0.25) is 19.2 Å². The van der Waals surface area contributed by atoms with Gasteiger partial charge in [0.25, 0.3) is 5.91 Å². The molecule has 0 aromatic heterocycles. The number of likely N-dealkylation sites (tertiary alicyclic amines) is 1. The molecule has 37 heavy (non-hydrogen) atoms. The van der Waals surface area contributed by atoms with Gasteiger partial charge in [0.15, 0.2) is 0 Å². The Balaban J connectivity index is 1.40. The quantitative estimate of drug-likeness (QED) is 0.135. The lowest BCUT2D eigenvalue weighted by molar-refractivity contribution is -0.131. The number of rotatable bonds is 14. The molecule has 4 atom stereocenters. The van der Waals surface area contributed by atoms with Crippen LogP contribution in [0, 0.1) is 5.92 Å². The van der Waals surface area contributed by atoms with E-state index in [1.807, 2.05) is 7.05 Å². The van der Waals surface area contributed by atoms with Crippen molar-refractivity contribution in [2.75, 3.05) is 13.6 Å². The van der Waals surface area contributed by atoms with Gasteiger partial charge in [0.05, 0.1) is 12.1 Å². The average Bonchev–Trinajstić information content (AvgIpc) is 3.73. The SMILES string of the molecule is CN1CCCC1C(=O)N[C@]1(C(=O)NSC2CC2)CC1/C=C\CCCCC[C@@H](C=O)NC(=O)OC(C)(C)C. The number of alkyl carbamates (subject to hydrolysis) is 1. The van der Waals surface area contributed by atoms with Gasteiger partial charge in [0.1, 0.15) is 17.4 Å². The summed E-state index contributed by atoms with van der Waals surface area (Å²) in [6.07, 6.45) is 13.1. The first-order valence-electron chi connectivity index (χ1n) is 13.6. The van der Waals surface area contributed by atoms with Crippen LogP contribution < -0.4 is 15.4 Å². The smallest absolute Gasteiger partial charge is 0.408 e. The largest absolute Gasteiger partial charge is 0.444 e. The predicted molar refractivity (Wildman–Crippen MR) is 145 cm³/mol. The van der Waals surface area contributed by atoms with Crippen LogP contribution >= 0.6 is 11.9 Å². The van der Waals surface area contributed by atoms with Crippen molar-refractivity contribution in [3.05, 3.63) is 12.2 Å². The number of aldehydes is 1. The summed E-state index contributed by atoms with van der Waals surface area (Å²) >= 11 is 1.48. The summed E-state index contributed by atoms with van der Waals surface area (Å²) in [6.45, 7) is 6.25. The molecule has 2 unspecified atom stereocenters. The van der Waals surface area contributed by atoms with E-state index in [0.717, 1.165) is 64.2 Å². The normalized spacial score (nSPS) is 26.5. The van der Waals surface area contributed by atoms with Crippen molar-refractivity contribution in [2.45, 2.75) is 113 Å². The van der Waals surface area contributed by atoms with E-state index in [1.54, 1.807) is 20.8 Å². The Labute approximate surface area is 225 Å². The number of hydrogen-bond acceptors (Lipinski definition) is 7. The molecule has 2 saturated carbocycles. The lowest BCUT2D eigenvalue weighted by Gasteiger charge is -2.24. The molecule has 3 amide bonds. The zero-order valence-electron chi connectivity index (χ0n) is 22.7. The maximum absolute atomic E-state index is 13.1. The molecule has 10 heteroatoms. The van der Waals surface area contributed by atoms with Gasteiger partial charge in [0, 0.05) is 11.2 Å². The lowest BCUT2D eigenvalue weighted by atomic mass is 10.1. The molecule has 3 fully saturated rings. The molecular weight excluding hydrogens is 492 g/mol. The Morgan fingerprint density at radius 2 is 1.92 bits per heavy atom. The van der Waals surface area contributed by atoms with Crippen molar-refractivity contribution in [1.82, 2.24) is 20.3 Å². The van der Waals surface area contributed by atoms with Gasteiger partial charge >= 0.3 is 6.09 Å². The van der Waals surface area contributed by atoms with Crippen LogP contribution in [0.3, 0.4) is 0 Å². The zero-order chi connectivity index (χ0) is 27.1. The van der Waals surface area contributed by atoms with Gasteiger partial charge in [-0.2, -0.15) is 0 Å². The summed E-state index contributed by atoms with van der Waals surface area (Å²) in [6, 6.07) is -0.710. The van der Waals surface area contributed by atoms with Gasteiger partial charge in [-0.1, -0.05) is 25.0 Å². The van der Waals surface area contributed by atoms with E-state index in [2.05, 4.69) is 32.4 Å². The minimum absolute atomic E-state index is 0.000402. The van der Waals surface area contributed by atoms with E-state index in [1.165, 1.54) is 11.9 Å². The van der Waals surface area contributed by atoms with Crippen LogP contribution in [0.5, 0.6) is 0 Å². The Hall–Kier alpha value is -2.07. The summed E-state index contributed by atoms with van der Waals surface area (Å²) in [7, 11) is 1.96. The van der Waals surface area contributed by atoms with E-state index < -0.39 is 23.3 Å². The number of hydrogen-bond donors (Lipinski definition) is 3. The number of amides is 3. The molecule has 1 heterocycles. The highest BCUT2D eigenvalue weighted by Gasteiger charge is 2.60. The van der Waals surface area contributed by atoms with Crippen molar-refractivity contribution in [2.24, 2.45) is 5.92 Å². The molecule has 9 nitrogen and oxygen atoms in total.